The number of ether oxygens (including phenoxy) is 1. The van der Waals surface area contributed by atoms with Crippen molar-refractivity contribution >= 4 is 23.0 Å². The van der Waals surface area contributed by atoms with Crippen LogP contribution in [0.5, 0.6) is 11.5 Å². The van der Waals surface area contributed by atoms with Gasteiger partial charge in [-0.1, -0.05) is 31.2 Å². The fourth-order valence-corrected chi connectivity index (χ4v) is 3.18. The van der Waals surface area contributed by atoms with E-state index in [-0.39, 0.29) is 5.92 Å². The van der Waals surface area contributed by atoms with Crippen LogP contribution in [0.15, 0.2) is 65.8 Å². The molecule has 3 N–H and O–H groups in total. The Labute approximate surface area is 157 Å². The van der Waals surface area contributed by atoms with E-state index in [1.165, 1.54) is 4.88 Å². The summed E-state index contributed by atoms with van der Waals surface area (Å²) in [5.41, 5.74) is 6.85. The van der Waals surface area contributed by atoms with E-state index in [1.807, 2.05) is 60.8 Å². The molecule has 0 spiro atoms. The normalized spacial score (nSPS) is 12.6. The van der Waals surface area contributed by atoms with Crippen LogP contribution in [0, 0.1) is 6.92 Å². The van der Waals surface area contributed by atoms with Gasteiger partial charge >= 0.3 is 0 Å². The number of thiazole rings is 1. The lowest BCUT2D eigenvalue weighted by Gasteiger charge is -2.10. The van der Waals surface area contributed by atoms with Gasteiger partial charge in [0.1, 0.15) is 11.5 Å². The first-order valence-electron chi connectivity index (χ1n) is 8.42. The van der Waals surface area contributed by atoms with Crippen LogP contribution in [-0.4, -0.2) is 17.5 Å². The highest BCUT2D eigenvalue weighted by molar-refractivity contribution is 7.11. The first kappa shape index (κ1) is 17.9. The van der Waals surface area contributed by atoms with Crippen LogP contribution >= 0.6 is 11.3 Å². The van der Waals surface area contributed by atoms with Crippen molar-refractivity contribution in [3.63, 3.8) is 0 Å². The first-order chi connectivity index (χ1) is 12.6. The molecule has 0 aliphatic carbocycles. The Kier molecular flexibility index (Phi) is 5.86. The van der Waals surface area contributed by atoms with Gasteiger partial charge in [0, 0.05) is 28.7 Å². The van der Waals surface area contributed by atoms with Gasteiger partial charge in [0.05, 0.1) is 11.6 Å². The Hall–Kier alpha value is -2.86. The fraction of sp³-hybridized carbons (Fsp3) is 0.200. The zero-order valence-electron chi connectivity index (χ0n) is 14.8. The lowest BCUT2D eigenvalue weighted by Crippen LogP contribution is -2.23. The summed E-state index contributed by atoms with van der Waals surface area (Å²) in [7, 11) is 0. The smallest absolute Gasteiger partial charge is 0.193 e. The molecule has 0 aliphatic heterocycles. The second-order valence-corrected chi connectivity index (χ2v) is 7.27. The summed E-state index contributed by atoms with van der Waals surface area (Å²) in [4.78, 5) is 10.0. The van der Waals surface area contributed by atoms with Crippen molar-refractivity contribution in [3.05, 3.63) is 70.7 Å². The van der Waals surface area contributed by atoms with Gasteiger partial charge in [-0.15, -0.1) is 11.3 Å². The molecule has 0 fully saturated rings. The molecule has 26 heavy (non-hydrogen) atoms. The fourth-order valence-electron chi connectivity index (χ4n) is 2.36. The standard InChI is InChI=1S/C20H22N4OS/c1-14(19-22-13-15(2)26-19)12-23-20(21)24-16-7-6-10-18(11-16)25-17-8-4-3-5-9-17/h3-11,13-14H,12H2,1-2H3,(H3,21,23,24). The average molecular weight is 366 g/mol. The molecule has 3 rings (SSSR count). The molecular weight excluding hydrogens is 344 g/mol. The van der Waals surface area contributed by atoms with Crippen molar-refractivity contribution in [1.29, 1.82) is 0 Å². The highest BCUT2D eigenvalue weighted by atomic mass is 32.1. The summed E-state index contributed by atoms with van der Waals surface area (Å²) in [5.74, 6) is 2.14. The molecule has 6 heteroatoms. The van der Waals surface area contributed by atoms with Crippen molar-refractivity contribution in [2.45, 2.75) is 19.8 Å². The third-order valence-electron chi connectivity index (χ3n) is 3.68. The maximum atomic E-state index is 6.02. The Morgan fingerprint density at radius 1 is 1.19 bits per heavy atom. The monoisotopic (exact) mass is 366 g/mol. The van der Waals surface area contributed by atoms with Crippen LogP contribution in [0.2, 0.25) is 0 Å². The molecule has 1 atom stereocenters. The van der Waals surface area contributed by atoms with Crippen molar-refractivity contribution in [2.24, 2.45) is 10.7 Å². The Morgan fingerprint density at radius 3 is 2.69 bits per heavy atom. The maximum Gasteiger partial charge on any atom is 0.193 e. The van der Waals surface area contributed by atoms with Crippen LogP contribution in [0.25, 0.3) is 0 Å². The number of guanidine groups is 1. The van der Waals surface area contributed by atoms with Crippen LogP contribution < -0.4 is 15.8 Å². The van der Waals surface area contributed by atoms with E-state index in [9.17, 15) is 0 Å². The number of nitrogens with one attached hydrogen (secondary N) is 1. The summed E-state index contributed by atoms with van der Waals surface area (Å²) in [6, 6.07) is 17.3. The van der Waals surface area contributed by atoms with E-state index < -0.39 is 0 Å². The molecule has 1 unspecified atom stereocenters. The molecule has 134 valence electrons. The number of rotatable bonds is 6. The van der Waals surface area contributed by atoms with E-state index in [4.69, 9.17) is 10.5 Å². The molecule has 0 amide bonds. The van der Waals surface area contributed by atoms with Crippen molar-refractivity contribution in [2.75, 3.05) is 11.9 Å². The minimum absolute atomic E-state index is 0.238. The van der Waals surface area contributed by atoms with Crippen LogP contribution in [0.1, 0.15) is 22.7 Å². The number of aliphatic imine (C=N–C) groups is 1. The first-order valence-corrected chi connectivity index (χ1v) is 9.24. The minimum Gasteiger partial charge on any atom is -0.457 e. The lowest BCUT2D eigenvalue weighted by atomic mass is 10.2. The summed E-state index contributed by atoms with van der Waals surface area (Å²) in [5, 5.41) is 4.19. The van der Waals surface area contributed by atoms with Gasteiger partial charge in [-0.2, -0.15) is 0 Å². The van der Waals surface area contributed by atoms with E-state index in [0.717, 1.165) is 22.2 Å². The molecule has 1 aromatic heterocycles. The third kappa shape index (κ3) is 5.07. The van der Waals surface area contributed by atoms with E-state index in [1.54, 1.807) is 11.3 Å². The summed E-state index contributed by atoms with van der Waals surface area (Å²) in [6.07, 6.45) is 1.89. The number of nitrogens with zero attached hydrogens (tertiary/aromatic N) is 2. The van der Waals surface area contributed by atoms with Gasteiger partial charge in [0.15, 0.2) is 5.96 Å². The van der Waals surface area contributed by atoms with E-state index in [2.05, 4.69) is 29.1 Å². The Balaban J connectivity index is 1.60. The zero-order chi connectivity index (χ0) is 18.4. The van der Waals surface area contributed by atoms with Crippen molar-refractivity contribution in [3.8, 4) is 11.5 Å². The Bertz CT molecular complexity index is 876. The predicted octanol–water partition coefficient (Wildman–Crippen LogP) is 4.77. The van der Waals surface area contributed by atoms with Crippen molar-refractivity contribution < 1.29 is 4.74 Å². The Morgan fingerprint density at radius 2 is 1.96 bits per heavy atom. The minimum atomic E-state index is 0.238. The molecule has 5 nitrogen and oxygen atoms in total. The van der Waals surface area contributed by atoms with E-state index >= 15 is 0 Å². The molecule has 0 radical (unpaired) electrons. The van der Waals surface area contributed by atoms with Gasteiger partial charge in [-0.05, 0) is 31.2 Å². The SMILES string of the molecule is Cc1cnc(C(C)CN=C(N)Nc2cccc(Oc3ccccc3)c2)s1. The molecule has 2 aromatic carbocycles. The predicted molar refractivity (Wildman–Crippen MR) is 108 cm³/mol. The zero-order valence-corrected chi connectivity index (χ0v) is 15.7. The highest BCUT2D eigenvalue weighted by Crippen LogP contribution is 2.24. The van der Waals surface area contributed by atoms with Crippen LogP contribution in [0.3, 0.4) is 0 Å². The number of hydrogen-bond donors (Lipinski definition) is 2. The van der Waals surface area contributed by atoms with Crippen LogP contribution in [0.4, 0.5) is 5.69 Å². The van der Waals surface area contributed by atoms with Gasteiger partial charge in [-0.3, -0.25) is 4.99 Å². The number of para-hydroxylation sites is 1. The molecule has 0 bridgehead atoms. The second kappa shape index (κ2) is 8.49. The van der Waals surface area contributed by atoms with Crippen molar-refractivity contribution in [1.82, 2.24) is 4.98 Å². The lowest BCUT2D eigenvalue weighted by molar-refractivity contribution is 0.483. The summed E-state index contributed by atoms with van der Waals surface area (Å²) < 4.78 is 5.83. The second-order valence-electron chi connectivity index (χ2n) is 6.00. The molecular formula is C20H22N4OS. The topological polar surface area (TPSA) is 72.5 Å². The third-order valence-corrected chi connectivity index (χ3v) is 4.83. The number of hydrogen-bond acceptors (Lipinski definition) is 4. The largest absolute Gasteiger partial charge is 0.457 e. The molecule has 0 aliphatic rings. The molecule has 1 heterocycles. The molecule has 3 aromatic rings. The number of aromatic nitrogens is 1. The number of benzene rings is 2. The highest BCUT2D eigenvalue weighted by Gasteiger charge is 2.09. The molecule has 0 saturated heterocycles. The number of aryl methyl sites for hydroxylation is 1. The van der Waals surface area contributed by atoms with Gasteiger partial charge < -0.3 is 15.8 Å². The van der Waals surface area contributed by atoms with Gasteiger partial charge in [0.25, 0.3) is 0 Å². The van der Waals surface area contributed by atoms with Crippen LogP contribution in [-0.2, 0) is 0 Å². The number of nitrogens with two attached hydrogens (primary N) is 1. The van der Waals surface area contributed by atoms with Gasteiger partial charge in [0.2, 0.25) is 0 Å². The maximum absolute atomic E-state index is 6.02. The average Bonchev–Trinajstić information content (AvgIpc) is 3.07. The summed E-state index contributed by atoms with van der Waals surface area (Å²) >= 11 is 1.70. The number of anilines is 1. The summed E-state index contributed by atoms with van der Waals surface area (Å²) in [6.45, 7) is 4.74. The quantitative estimate of drug-likeness (QED) is 0.487. The van der Waals surface area contributed by atoms with Gasteiger partial charge in [-0.25, -0.2) is 4.98 Å². The van der Waals surface area contributed by atoms with E-state index in [0.29, 0.717) is 12.5 Å². The molecule has 0 saturated carbocycles.